The van der Waals surface area contributed by atoms with Gasteiger partial charge in [0.05, 0.1) is 10.6 Å². The Kier molecular flexibility index (Phi) is 3.04. The lowest BCUT2D eigenvalue weighted by atomic mass is 10.1. The predicted octanol–water partition coefficient (Wildman–Crippen LogP) is 2.56. The lowest BCUT2D eigenvalue weighted by molar-refractivity contribution is -0.385. The van der Waals surface area contributed by atoms with Crippen LogP contribution >= 0.6 is 0 Å². The smallest absolute Gasteiger partial charge is 0.373 e. The molecule has 19 heavy (non-hydrogen) atoms. The highest BCUT2D eigenvalue weighted by Gasteiger charge is 2.21. The van der Waals surface area contributed by atoms with Gasteiger partial charge in [0.15, 0.2) is 0 Å². The number of carboxylic acids is 1. The van der Waals surface area contributed by atoms with Crippen LogP contribution < -0.4 is 0 Å². The molecule has 2 rings (SSSR count). The van der Waals surface area contributed by atoms with Crippen LogP contribution in [0.2, 0.25) is 0 Å². The number of rotatable bonds is 3. The van der Waals surface area contributed by atoms with Crippen molar-refractivity contribution in [1.82, 2.24) is 4.98 Å². The van der Waals surface area contributed by atoms with Gasteiger partial charge >= 0.3 is 5.97 Å². The van der Waals surface area contributed by atoms with E-state index in [4.69, 9.17) is 9.52 Å². The molecule has 0 amide bonds. The zero-order chi connectivity index (χ0) is 14.2. The highest BCUT2D eigenvalue weighted by atomic mass is 16.6. The van der Waals surface area contributed by atoms with Gasteiger partial charge in [-0.3, -0.25) is 10.1 Å². The number of carboxylic acid groups (broad SMARTS) is 1. The Bertz CT molecular complexity index is 675. The van der Waals surface area contributed by atoms with Crippen LogP contribution in [0.5, 0.6) is 0 Å². The van der Waals surface area contributed by atoms with Crippen molar-refractivity contribution in [2.45, 2.75) is 13.8 Å². The molecule has 0 bridgehead atoms. The fourth-order valence-electron chi connectivity index (χ4n) is 1.76. The average molecular weight is 262 g/mol. The minimum atomic E-state index is -1.22. The first-order valence-corrected chi connectivity index (χ1v) is 5.37. The molecule has 1 aromatic heterocycles. The second kappa shape index (κ2) is 4.52. The van der Waals surface area contributed by atoms with Crippen LogP contribution in [0, 0.1) is 24.0 Å². The van der Waals surface area contributed by atoms with Crippen molar-refractivity contribution in [2.75, 3.05) is 0 Å². The number of carbonyl (C=O) groups is 1. The van der Waals surface area contributed by atoms with Gasteiger partial charge in [-0.2, -0.15) is 0 Å². The molecule has 0 aliphatic rings. The Hall–Kier alpha value is -2.70. The summed E-state index contributed by atoms with van der Waals surface area (Å²) in [4.78, 5) is 25.2. The number of aromatic nitrogens is 1. The van der Waals surface area contributed by atoms with Crippen LogP contribution in [0.4, 0.5) is 5.69 Å². The number of nitro groups is 1. The summed E-state index contributed by atoms with van der Waals surface area (Å²) in [6.07, 6.45) is 0. The largest absolute Gasteiger partial charge is 0.475 e. The van der Waals surface area contributed by atoms with Crippen LogP contribution in [-0.4, -0.2) is 21.0 Å². The number of aromatic carboxylic acids is 1. The maximum atomic E-state index is 10.9. The quantitative estimate of drug-likeness (QED) is 0.672. The molecule has 1 heterocycles. The molecule has 0 fully saturated rings. The molecule has 2 aromatic rings. The standard InChI is InChI=1S/C12H10N2O5/c1-6-8(4-3-5-9(6)14(17)18)11-13-7(2)10(19-11)12(15)16/h3-5H,1-2H3,(H,15,16). The molecule has 7 heteroatoms. The van der Waals surface area contributed by atoms with Crippen molar-refractivity contribution in [3.05, 3.63) is 45.3 Å². The first kappa shape index (κ1) is 12.7. The maximum Gasteiger partial charge on any atom is 0.373 e. The number of nitro benzene ring substituents is 1. The van der Waals surface area contributed by atoms with Gasteiger partial charge in [0.2, 0.25) is 11.7 Å². The Labute approximate surface area is 107 Å². The molecule has 0 spiro atoms. The van der Waals surface area contributed by atoms with Crippen LogP contribution in [0.1, 0.15) is 21.8 Å². The molecule has 98 valence electrons. The highest BCUT2D eigenvalue weighted by molar-refractivity contribution is 5.86. The topological polar surface area (TPSA) is 106 Å². The summed E-state index contributed by atoms with van der Waals surface area (Å²) >= 11 is 0. The van der Waals surface area contributed by atoms with E-state index in [1.54, 1.807) is 13.0 Å². The molecule has 0 unspecified atom stereocenters. The lowest BCUT2D eigenvalue weighted by Gasteiger charge is -2.01. The van der Waals surface area contributed by atoms with Crippen molar-refractivity contribution < 1.29 is 19.2 Å². The van der Waals surface area contributed by atoms with Gasteiger partial charge < -0.3 is 9.52 Å². The lowest BCUT2D eigenvalue weighted by Crippen LogP contribution is -1.95. The first-order chi connectivity index (χ1) is 8.91. The van der Waals surface area contributed by atoms with Gasteiger partial charge in [-0.15, -0.1) is 0 Å². The van der Waals surface area contributed by atoms with E-state index in [0.29, 0.717) is 11.1 Å². The van der Waals surface area contributed by atoms with Gasteiger partial charge in [-0.05, 0) is 19.9 Å². The summed E-state index contributed by atoms with van der Waals surface area (Å²) in [5, 5.41) is 19.7. The second-order valence-electron chi connectivity index (χ2n) is 3.95. The van der Waals surface area contributed by atoms with E-state index >= 15 is 0 Å². The van der Waals surface area contributed by atoms with Gasteiger partial charge in [0, 0.05) is 17.2 Å². The summed E-state index contributed by atoms with van der Waals surface area (Å²) in [5.41, 5.74) is 0.953. The van der Waals surface area contributed by atoms with E-state index in [-0.39, 0.29) is 23.0 Å². The Morgan fingerprint density at radius 2 is 2.11 bits per heavy atom. The molecular formula is C12H10N2O5. The number of oxazole rings is 1. The van der Waals surface area contributed by atoms with E-state index in [1.807, 2.05) is 0 Å². The van der Waals surface area contributed by atoms with Gasteiger partial charge in [0.1, 0.15) is 0 Å². The monoisotopic (exact) mass is 262 g/mol. The summed E-state index contributed by atoms with van der Waals surface area (Å²) in [5.74, 6) is -1.42. The van der Waals surface area contributed by atoms with Crippen molar-refractivity contribution in [3.8, 4) is 11.5 Å². The van der Waals surface area contributed by atoms with Gasteiger partial charge in [-0.25, -0.2) is 9.78 Å². The molecule has 1 N–H and O–H groups in total. The fraction of sp³-hybridized carbons (Fsp3) is 0.167. The summed E-state index contributed by atoms with van der Waals surface area (Å²) in [7, 11) is 0. The Balaban J connectivity index is 2.60. The number of nitrogens with zero attached hydrogens (tertiary/aromatic N) is 2. The third-order valence-corrected chi connectivity index (χ3v) is 2.72. The third kappa shape index (κ3) is 2.17. The fourth-order valence-corrected chi connectivity index (χ4v) is 1.76. The molecule has 0 saturated heterocycles. The van der Waals surface area contributed by atoms with E-state index in [0.717, 1.165) is 0 Å². The Morgan fingerprint density at radius 1 is 1.42 bits per heavy atom. The van der Waals surface area contributed by atoms with Crippen LogP contribution in [-0.2, 0) is 0 Å². The molecule has 0 aliphatic heterocycles. The number of hydrogen-bond donors (Lipinski definition) is 1. The normalized spacial score (nSPS) is 10.4. The van der Waals surface area contributed by atoms with Crippen LogP contribution in [0.3, 0.4) is 0 Å². The van der Waals surface area contributed by atoms with E-state index in [2.05, 4.69) is 4.98 Å². The molecule has 0 atom stereocenters. The zero-order valence-electron chi connectivity index (χ0n) is 10.2. The van der Waals surface area contributed by atoms with Gasteiger partial charge in [-0.1, -0.05) is 6.07 Å². The van der Waals surface area contributed by atoms with Crippen molar-refractivity contribution in [1.29, 1.82) is 0 Å². The van der Waals surface area contributed by atoms with Crippen molar-refractivity contribution in [3.63, 3.8) is 0 Å². The molecular weight excluding hydrogens is 252 g/mol. The van der Waals surface area contributed by atoms with Crippen molar-refractivity contribution >= 4 is 11.7 Å². The minimum Gasteiger partial charge on any atom is -0.475 e. The van der Waals surface area contributed by atoms with Gasteiger partial charge in [0.25, 0.3) is 5.69 Å². The van der Waals surface area contributed by atoms with E-state index in [9.17, 15) is 14.9 Å². The SMILES string of the molecule is Cc1nc(-c2cccc([N+](=O)[O-])c2C)oc1C(=O)O. The summed E-state index contributed by atoms with van der Waals surface area (Å²) in [6, 6.07) is 4.46. The molecule has 0 saturated carbocycles. The van der Waals surface area contributed by atoms with Crippen molar-refractivity contribution in [2.24, 2.45) is 0 Å². The predicted molar refractivity (Wildman–Crippen MR) is 65.0 cm³/mol. The highest BCUT2D eigenvalue weighted by Crippen LogP contribution is 2.30. The van der Waals surface area contributed by atoms with Crippen LogP contribution in [0.15, 0.2) is 22.6 Å². The Morgan fingerprint density at radius 3 is 2.63 bits per heavy atom. The number of aryl methyl sites for hydroxylation is 1. The third-order valence-electron chi connectivity index (χ3n) is 2.72. The average Bonchev–Trinajstić information content (AvgIpc) is 2.71. The van der Waals surface area contributed by atoms with Crippen LogP contribution in [0.25, 0.3) is 11.5 Å². The minimum absolute atomic E-state index is 0.0646. The second-order valence-corrected chi connectivity index (χ2v) is 3.95. The maximum absolute atomic E-state index is 10.9. The molecule has 0 radical (unpaired) electrons. The summed E-state index contributed by atoms with van der Waals surface area (Å²) in [6.45, 7) is 3.07. The summed E-state index contributed by atoms with van der Waals surface area (Å²) < 4.78 is 5.14. The molecule has 0 aliphatic carbocycles. The zero-order valence-corrected chi connectivity index (χ0v) is 10.2. The van der Waals surface area contributed by atoms with E-state index in [1.165, 1.54) is 19.1 Å². The first-order valence-electron chi connectivity index (χ1n) is 5.37. The number of hydrogen-bond acceptors (Lipinski definition) is 5. The molecule has 1 aromatic carbocycles. The van der Waals surface area contributed by atoms with E-state index < -0.39 is 10.9 Å². The number of benzene rings is 1. The molecule has 7 nitrogen and oxygen atoms in total.